The molecular weight excluding hydrogens is 282 g/mol. The molecule has 102 valence electrons. The number of fused-ring (bicyclic) bond motifs is 1. The Morgan fingerprint density at radius 1 is 1.40 bits per heavy atom. The number of nitrogens with one attached hydrogen (secondary N) is 1. The van der Waals surface area contributed by atoms with Crippen molar-refractivity contribution in [3.63, 3.8) is 0 Å². The van der Waals surface area contributed by atoms with Crippen LogP contribution in [0.25, 0.3) is 0 Å². The number of hydrogen-bond acceptors (Lipinski definition) is 4. The highest BCUT2D eigenvalue weighted by atomic mass is 35.5. The Hall–Kier alpha value is -2.11. The molecule has 6 heteroatoms. The van der Waals surface area contributed by atoms with Crippen molar-refractivity contribution < 1.29 is 19.1 Å². The molecule has 20 heavy (non-hydrogen) atoms. The molecule has 1 aliphatic rings. The van der Waals surface area contributed by atoms with Gasteiger partial charge in [-0.25, -0.2) is 0 Å². The van der Waals surface area contributed by atoms with Crippen molar-refractivity contribution in [1.82, 2.24) is 0 Å². The van der Waals surface area contributed by atoms with Crippen LogP contribution in [0.3, 0.4) is 0 Å². The molecule has 1 aromatic carbocycles. The molecule has 3 rings (SSSR count). The predicted molar refractivity (Wildman–Crippen MR) is 71.6 cm³/mol. The first-order valence-electron chi connectivity index (χ1n) is 5.91. The Morgan fingerprint density at radius 2 is 2.20 bits per heavy atom. The summed E-state index contributed by atoms with van der Waals surface area (Å²) in [6.45, 7) is 0. The summed E-state index contributed by atoms with van der Waals surface area (Å²) in [5.41, 5.74) is -1.15. The van der Waals surface area contributed by atoms with E-state index in [0.29, 0.717) is 16.3 Å². The maximum Gasteiger partial charge on any atom is 0.261 e. The zero-order valence-electron chi connectivity index (χ0n) is 10.2. The van der Waals surface area contributed by atoms with Crippen LogP contribution in [0, 0.1) is 0 Å². The summed E-state index contributed by atoms with van der Waals surface area (Å²) in [7, 11) is 0. The SMILES string of the molecule is O=C(C[C@]1(O)C(=O)Nc2cc(Cl)ccc21)c1ccco1. The number of rotatable bonds is 3. The Kier molecular flexibility index (Phi) is 2.88. The molecule has 1 amide bonds. The summed E-state index contributed by atoms with van der Waals surface area (Å²) in [6, 6.07) is 7.68. The van der Waals surface area contributed by atoms with Crippen molar-refractivity contribution >= 4 is 29.0 Å². The van der Waals surface area contributed by atoms with Crippen LogP contribution in [0.4, 0.5) is 5.69 Å². The van der Waals surface area contributed by atoms with E-state index in [1.807, 2.05) is 0 Å². The quantitative estimate of drug-likeness (QED) is 0.851. The van der Waals surface area contributed by atoms with Crippen molar-refractivity contribution in [3.8, 4) is 0 Å². The number of carbonyl (C=O) groups excluding carboxylic acids is 2. The molecule has 1 atom stereocenters. The number of hydrogen-bond donors (Lipinski definition) is 2. The minimum absolute atomic E-state index is 0.105. The summed E-state index contributed by atoms with van der Waals surface area (Å²) in [4.78, 5) is 24.0. The van der Waals surface area contributed by atoms with Crippen LogP contribution in [-0.2, 0) is 10.4 Å². The van der Waals surface area contributed by atoms with Crippen LogP contribution >= 0.6 is 11.6 Å². The number of amides is 1. The Balaban J connectivity index is 1.96. The number of benzene rings is 1. The van der Waals surface area contributed by atoms with Gasteiger partial charge in [0.25, 0.3) is 5.91 Å². The number of Topliss-reactive ketones (excluding diaryl/α,β-unsaturated/α-hetero) is 1. The Morgan fingerprint density at radius 3 is 2.90 bits per heavy atom. The molecule has 1 aliphatic heterocycles. The van der Waals surface area contributed by atoms with Gasteiger partial charge in [0.2, 0.25) is 5.78 Å². The first-order chi connectivity index (χ1) is 9.50. The molecule has 0 bridgehead atoms. The lowest BCUT2D eigenvalue weighted by molar-refractivity contribution is -0.133. The van der Waals surface area contributed by atoms with E-state index >= 15 is 0 Å². The van der Waals surface area contributed by atoms with E-state index in [4.69, 9.17) is 16.0 Å². The van der Waals surface area contributed by atoms with Crippen LogP contribution < -0.4 is 5.32 Å². The van der Waals surface area contributed by atoms with Gasteiger partial charge < -0.3 is 14.8 Å². The van der Waals surface area contributed by atoms with Crippen LogP contribution in [0.1, 0.15) is 22.5 Å². The first-order valence-corrected chi connectivity index (χ1v) is 6.29. The maximum atomic E-state index is 12.0. The highest BCUT2D eigenvalue weighted by Crippen LogP contribution is 2.40. The van der Waals surface area contributed by atoms with E-state index in [1.54, 1.807) is 12.1 Å². The molecule has 0 fully saturated rings. The molecule has 2 N–H and O–H groups in total. The third-order valence-electron chi connectivity index (χ3n) is 3.26. The molecule has 0 saturated heterocycles. The van der Waals surface area contributed by atoms with Gasteiger partial charge in [0, 0.05) is 16.3 Å². The minimum Gasteiger partial charge on any atom is -0.461 e. The standard InChI is InChI=1S/C14H10ClNO4/c15-8-3-4-9-10(6-8)16-13(18)14(9,19)7-11(17)12-2-1-5-20-12/h1-6,19H,7H2,(H,16,18)/t14-/m1/s1. The average molecular weight is 292 g/mol. The second-order valence-corrected chi connectivity index (χ2v) is 5.02. The fourth-order valence-corrected chi connectivity index (χ4v) is 2.43. The summed E-state index contributed by atoms with van der Waals surface area (Å²) >= 11 is 5.84. The molecule has 0 radical (unpaired) electrons. The minimum atomic E-state index is -1.90. The molecule has 2 heterocycles. The molecule has 0 aliphatic carbocycles. The number of halogens is 1. The largest absolute Gasteiger partial charge is 0.461 e. The van der Waals surface area contributed by atoms with Gasteiger partial charge in [0.15, 0.2) is 11.4 Å². The highest BCUT2D eigenvalue weighted by Gasteiger charge is 2.47. The lowest BCUT2D eigenvalue weighted by Gasteiger charge is -2.19. The predicted octanol–water partition coefficient (Wildman–Crippen LogP) is 2.35. The number of ketones is 1. The van der Waals surface area contributed by atoms with Crippen molar-refractivity contribution in [3.05, 3.63) is 52.9 Å². The average Bonchev–Trinajstić information content (AvgIpc) is 2.98. The molecule has 0 saturated carbocycles. The summed E-state index contributed by atoms with van der Waals surface area (Å²) in [6.07, 6.45) is 0.973. The smallest absolute Gasteiger partial charge is 0.261 e. The summed E-state index contributed by atoms with van der Waals surface area (Å²) < 4.78 is 4.98. The zero-order valence-corrected chi connectivity index (χ0v) is 11.0. The second-order valence-electron chi connectivity index (χ2n) is 4.58. The third kappa shape index (κ3) is 1.92. The summed E-state index contributed by atoms with van der Waals surface area (Å²) in [5.74, 6) is -0.987. The fourth-order valence-electron chi connectivity index (χ4n) is 2.26. The highest BCUT2D eigenvalue weighted by molar-refractivity contribution is 6.31. The number of carbonyl (C=O) groups is 2. The Labute approximate surface area is 119 Å². The van der Waals surface area contributed by atoms with Crippen molar-refractivity contribution in [2.75, 3.05) is 5.32 Å². The molecule has 2 aromatic rings. The van der Waals surface area contributed by atoms with Crippen LogP contribution in [-0.4, -0.2) is 16.8 Å². The zero-order chi connectivity index (χ0) is 14.3. The van der Waals surface area contributed by atoms with Gasteiger partial charge >= 0.3 is 0 Å². The molecule has 0 unspecified atom stereocenters. The van der Waals surface area contributed by atoms with Crippen molar-refractivity contribution in [2.24, 2.45) is 0 Å². The maximum absolute atomic E-state index is 12.0. The van der Waals surface area contributed by atoms with Gasteiger partial charge in [0.1, 0.15) is 0 Å². The second kappa shape index (κ2) is 4.47. The molecule has 5 nitrogen and oxygen atoms in total. The van der Waals surface area contributed by atoms with Gasteiger partial charge in [-0.1, -0.05) is 17.7 Å². The van der Waals surface area contributed by atoms with Crippen LogP contribution in [0.2, 0.25) is 5.02 Å². The first kappa shape index (κ1) is 12.9. The Bertz CT molecular complexity index is 695. The number of anilines is 1. The normalized spacial score (nSPS) is 20.6. The lowest BCUT2D eigenvalue weighted by atomic mass is 9.89. The van der Waals surface area contributed by atoms with Gasteiger partial charge in [-0.3, -0.25) is 9.59 Å². The van der Waals surface area contributed by atoms with E-state index in [-0.39, 0.29) is 12.2 Å². The van der Waals surface area contributed by atoms with Gasteiger partial charge in [-0.2, -0.15) is 0 Å². The van der Waals surface area contributed by atoms with E-state index < -0.39 is 17.3 Å². The molecular formula is C14H10ClNO4. The molecule has 1 aromatic heterocycles. The van der Waals surface area contributed by atoms with Gasteiger partial charge in [-0.15, -0.1) is 0 Å². The van der Waals surface area contributed by atoms with Crippen LogP contribution in [0.5, 0.6) is 0 Å². The topological polar surface area (TPSA) is 79.5 Å². The summed E-state index contributed by atoms with van der Waals surface area (Å²) in [5, 5.41) is 13.5. The van der Waals surface area contributed by atoms with E-state index in [1.165, 1.54) is 24.5 Å². The van der Waals surface area contributed by atoms with Crippen LogP contribution in [0.15, 0.2) is 41.0 Å². The number of furan rings is 1. The van der Waals surface area contributed by atoms with Gasteiger partial charge in [0.05, 0.1) is 12.7 Å². The van der Waals surface area contributed by atoms with E-state index in [2.05, 4.69) is 5.32 Å². The van der Waals surface area contributed by atoms with Crippen molar-refractivity contribution in [1.29, 1.82) is 0 Å². The van der Waals surface area contributed by atoms with Gasteiger partial charge in [-0.05, 0) is 24.3 Å². The fraction of sp³-hybridized carbons (Fsp3) is 0.143. The lowest BCUT2D eigenvalue weighted by Crippen LogP contribution is -2.36. The van der Waals surface area contributed by atoms with E-state index in [9.17, 15) is 14.7 Å². The van der Waals surface area contributed by atoms with E-state index in [0.717, 1.165) is 0 Å². The monoisotopic (exact) mass is 291 g/mol. The molecule has 0 spiro atoms. The number of aliphatic hydroxyl groups is 1. The van der Waals surface area contributed by atoms with Crippen molar-refractivity contribution in [2.45, 2.75) is 12.0 Å². The third-order valence-corrected chi connectivity index (χ3v) is 3.50.